The molecule has 1 aliphatic rings. The van der Waals surface area contributed by atoms with Crippen molar-refractivity contribution in [2.45, 2.75) is 25.3 Å². The van der Waals surface area contributed by atoms with Crippen LogP contribution >= 0.6 is 0 Å². The average molecular weight is 237 g/mol. The highest BCUT2D eigenvalue weighted by atomic mass is 16.3. The molecule has 0 bridgehead atoms. The summed E-state index contributed by atoms with van der Waals surface area (Å²) in [5.41, 5.74) is 6.85. The number of aromatic nitrogens is 1. The number of anilines is 1. The summed E-state index contributed by atoms with van der Waals surface area (Å²) in [4.78, 5) is 14.1. The topological polar surface area (TPSA) is 71.5 Å². The molecule has 1 aliphatic heterocycles. The number of nitrogen functional groups attached to an aromatic ring is 1. The Morgan fingerprint density at radius 2 is 2.35 bits per heavy atom. The van der Waals surface area contributed by atoms with Crippen molar-refractivity contribution in [1.29, 1.82) is 0 Å². The predicted octanol–water partition coefficient (Wildman–Crippen LogP) is 0.594. The number of hydrogen-bond donors (Lipinski definition) is 2. The molecular weight excluding hydrogens is 218 g/mol. The molecule has 94 valence electrons. The van der Waals surface area contributed by atoms with Gasteiger partial charge in [-0.25, -0.2) is 0 Å². The van der Waals surface area contributed by atoms with Crippen molar-refractivity contribution in [3.63, 3.8) is 0 Å². The smallest absolute Gasteiger partial charge is 0.270 e. The number of hydrogen-bond acceptors (Lipinski definition) is 3. The highest BCUT2D eigenvalue weighted by Crippen LogP contribution is 2.20. The number of nitrogens with two attached hydrogens (primary N) is 1. The van der Waals surface area contributed by atoms with E-state index in [1.54, 1.807) is 21.7 Å². The van der Waals surface area contributed by atoms with Crippen LogP contribution in [0.25, 0.3) is 0 Å². The first-order chi connectivity index (χ1) is 8.13. The molecular formula is C12H19N3O2. The molecule has 3 N–H and O–H groups in total. The molecule has 1 amide bonds. The van der Waals surface area contributed by atoms with Crippen LogP contribution in [0.3, 0.4) is 0 Å². The molecule has 17 heavy (non-hydrogen) atoms. The van der Waals surface area contributed by atoms with Gasteiger partial charge in [-0.1, -0.05) is 0 Å². The lowest BCUT2D eigenvalue weighted by atomic mass is 10.0. The molecule has 5 heteroatoms. The number of likely N-dealkylation sites (tertiary alicyclic amines) is 1. The lowest BCUT2D eigenvalue weighted by Crippen LogP contribution is -2.46. The molecule has 1 saturated heterocycles. The van der Waals surface area contributed by atoms with Gasteiger partial charge in [0.1, 0.15) is 5.69 Å². The van der Waals surface area contributed by atoms with E-state index < -0.39 is 0 Å². The van der Waals surface area contributed by atoms with Crippen LogP contribution in [0, 0.1) is 0 Å². The largest absolute Gasteiger partial charge is 0.397 e. The summed E-state index contributed by atoms with van der Waals surface area (Å²) in [6.45, 7) is 0.751. The number of aliphatic hydroxyl groups is 1. The van der Waals surface area contributed by atoms with E-state index in [1.807, 2.05) is 7.05 Å². The molecule has 1 aromatic rings. The van der Waals surface area contributed by atoms with E-state index >= 15 is 0 Å². The van der Waals surface area contributed by atoms with Crippen LogP contribution in [-0.2, 0) is 7.05 Å². The normalized spacial score (nSPS) is 20.6. The maximum atomic E-state index is 12.3. The molecule has 0 aromatic carbocycles. The molecule has 5 nitrogen and oxygen atoms in total. The Balaban J connectivity index is 2.21. The van der Waals surface area contributed by atoms with Crippen molar-refractivity contribution in [2.24, 2.45) is 7.05 Å². The fraction of sp³-hybridized carbons (Fsp3) is 0.583. The summed E-state index contributed by atoms with van der Waals surface area (Å²) >= 11 is 0. The van der Waals surface area contributed by atoms with E-state index in [1.165, 1.54) is 0 Å². The van der Waals surface area contributed by atoms with Gasteiger partial charge in [0, 0.05) is 19.8 Å². The number of carbonyl (C=O) groups excluding carboxylic acids is 1. The van der Waals surface area contributed by atoms with Crippen molar-refractivity contribution in [3.8, 4) is 0 Å². The Morgan fingerprint density at radius 3 is 2.94 bits per heavy atom. The molecule has 1 fully saturated rings. The summed E-state index contributed by atoms with van der Waals surface area (Å²) in [6, 6.07) is 1.64. The second-order valence-corrected chi connectivity index (χ2v) is 4.60. The summed E-state index contributed by atoms with van der Waals surface area (Å²) in [6.07, 6.45) is 4.68. The van der Waals surface area contributed by atoms with Gasteiger partial charge in [-0.3, -0.25) is 4.79 Å². The van der Waals surface area contributed by atoms with Crippen LogP contribution in [0.5, 0.6) is 0 Å². The quantitative estimate of drug-likeness (QED) is 0.791. The van der Waals surface area contributed by atoms with E-state index in [0.717, 1.165) is 25.8 Å². The summed E-state index contributed by atoms with van der Waals surface area (Å²) in [5, 5.41) is 9.31. The Kier molecular flexibility index (Phi) is 3.38. The van der Waals surface area contributed by atoms with Crippen LogP contribution < -0.4 is 5.73 Å². The fourth-order valence-electron chi connectivity index (χ4n) is 2.41. The van der Waals surface area contributed by atoms with E-state index in [-0.39, 0.29) is 18.6 Å². The minimum atomic E-state index is -0.0487. The third-order valence-electron chi connectivity index (χ3n) is 3.34. The van der Waals surface area contributed by atoms with E-state index in [0.29, 0.717) is 11.4 Å². The van der Waals surface area contributed by atoms with Gasteiger partial charge in [0.25, 0.3) is 5.91 Å². The van der Waals surface area contributed by atoms with Crippen molar-refractivity contribution in [1.82, 2.24) is 9.47 Å². The standard InChI is InChI=1S/C12H19N3O2/c1-14-7-9(13)6-11(14)12(17)15-5-3-2-4-10(15)8-16/h6-7,10,16H,2-5,8,13H2,1H3. The van der Waals surface area contributed by atoms with Crippen LogP contribution in [0.2, 0.25) is 0 Å². The van der Waals surface area contributed by atoms with Crippen LogP contribution in [0.4, 0.5) is 5.69 Å². The number of piperidine rings is 1. The summed E-state index contributed by atoms with van der Waals surface area (Å²) in [7, 11) is 1.81. The number of rotatable bonds is 2. The minimum absolute atomic E-state index is 0.0334. The first-order valence-corrected chi connectivity index (χ1v) is 5.97. The second-order valence-electron chi connectivity index (χ2n) is 4.60. The number of nitrogens with zero attached hydrogens (tertiary/aromatic N) is 2. The zero-order valence-electron chi connectivity index (χ0n) is 10.1. The molecule has 0 spiro atoms. The van der Waals surface area contributed by atoms with E-state index in [2.05, 4.69) is 0 Å². The minimum Gasteiger partial charge on any atom is -0.397 e. The first kappa shape index (κ1) is 12.0. The Hall–Kier alpha value is -1.49. The van der Waals surface area contributed by atoms with Gasteiger partial charge in [-0.05, 0) is 25.3 Å². The third kappa shape index (κ3) is 2.29. The van der Waals surface area contributed by atoms with Crippen LogP contribution in [0.1, 0.15) is 29.8 Å². The fourth-order valence-corrected chi connectivity index (χ4v) is 2.41. The highest BCUT2D eigenvalue weighted by molar-refractivity contribution is 5.94. The van der Waals surface area contributed by atoms with E-state index in [4.69, 9.17) is 5.73 Å². The highest BCUT2D eigenvalue weighted by Gasteiger charge is 2.28. The maximum absolute atomic E-state index is 12.3. The molecule has 2 rings (SSSR count). The van der Waals surface area contributed by atoms with Gasteiger partial charge in [0.2, 0.25) is 0 Å². The molecule has 1 unspecified atom stereocenters. The maximum Gasteiger partial charge on any atom is 0.270 e. The lowest BCUT2D eigenvalue weighted by molar-refractivity contribution is 0.0494. The lowest BCUT2D eigenvalue weighted by Gasteiger charge is -2.34. The van der Waals surface area contributed by atoms with Gasteiger partial charge in [-0.15, -0.1) is 0 Å². The SMILES string of the molecule is Cn1cc(N)cc1C(=O)N1CCCCC1CO. The molecule has 0 radical (unpaired) electrons. The zero-order valence-corrected chi connectivity index (χ0v) is 10.1. The van der Waals surface area contributed by atoms with Gasteiger partial charge >= 0.3 is 0 Å². The summed E-state index contributed by atoms with van der Waals surface area (Å²) < 4.78 is 1.74. The van der Waals surface area contributed by atoms with Crippen LogP contribution in [0.15, 0.2) is 12.3 Å². The van der Waals surface area contributed by atoms with Gasteiger partial charge < -0.3 is 20.3 Å². The number of amides is 1. The Labute approximate surface area is 101 Å². The van der Waals surface area contributed by atoms with Crippen molar-refractivity contribution < 1.29 is 9.90 Å². The number of carbonyl (C=O) groups is 1. The monoisotopic (exact) mass is 237 g/mol. The third-order valence-corrected chi connectivity index (χ3v) is 3.34. The zero-order chi connectivity index (χ0) is 12.4. The van der Waals surface area contributed by atoms with Crippen molar-refractivity contribution in [2.75, 3.05) is 18.9 Å². The number of aliphatic hydroxyl groups excluding tert-OH is 1. The Morgan fingerprint density at radius 1 is 1.59 bits per heavy atom. The molecule has 2 heterocycles. The van der Waals surface area contributed by atoms with Gasteiger partial charge in [0.15, 0.2) is 0 Å². The van der Waals surface area contributed by atoms with E-state index in [9.17, 15) is 9.90 Å². The average Bonchev–Trinajstić information content (AvgIpc) is 2.67. The van der Waals surface area contributed by atoms with Gasteiger partial charge in [-0.2, -0.15) is 0 Å². The van der Waals surface area contributed by atoms with Crippen molar-refractivity contribution >= 4 is 11.6 Å². The number of aryl methyl sites for hydroxylation is 1. The summed E-state index contributed by atoms with van der Waals surface area (Å²) in [5.74, 6) is -0.0389. The van der Waals surface area contributed by atoms with Crippen molar-refractivity contribution in [3.05, 3.63) is 18.0 Å². The second kappa shape index (κ2) is 4.79. The molecule has 1 atom stereocenters. The predicted molar refractivity (Wildman–Crippen MR) is 65.6 cm³/mol. The Bertz CT molecular complexity index is 414. The molecule has 0 aliphatic carbocycles. The molecule has 1 aromatic heterocycles. The first-order valence-electron chi connectivity index (χ1n) is 5.97. The van der Waals surface area contributed by atoms with Gasteiger partial charge in [0.05, 0.1) is 18.3 Å². The van der Waals surface area contributed by atoms with Crippen LogP contribution in [-0.4, -0.2) is 39.7 Å². The molecule has 0 saturated carbocycles.